The van der Waals surface area contributed by atoms with Crippen molar-refractivity contribution in [2.75, 3.05) is 6.61 Å². The molecule has 3 rings (SSSR count). The van der Waals surface area contributed by atoms with Crippen molar-refractivity contribution in [3.05, 3.63) is 94.2 Å². The third-order valence-corrected chi connectivity index (χ3v) is 4.73. The minimum atomic E-state index is -0.477. The summed E-state index contributed by atoms with van der Waals surface area (Å²) >= 11 is 1.29. The van der Waals surface area contributed by atoms with Crippen molar-refractivity contribution in [2.45, 2.75) is 12.5 Å². The predicted molar refractivity (Wildman–Crippen MR) is 102 cm³/mol. The van der Waals surface area contributed by atoms with E-state index >= 15 is 0 Å². The molecule has 0 saturated carbocycles. The van der Waals surface area contributed by atoms with E-state index in [0.29, 0.717) is 11.3 Å². The van der Waals surface area contributed by atoms with Crippen LogP contribution in [-0.2, 0) is 16.0 Å². The Bertz CT molecular complexity index is 832. The van der Waals surface area contributed by atoms with Crippen LogP contribution in [-0.4, -0.2) is 18.5 Å². The van der Waals surface area contributed by atoms with Gasteiger partial charge in [-0.25, -0.2) is 4.79 Å². The molecule has 0 unspecified atom stereocenters. The van der Waals surface area contributed by atoms with E-state index in [0.717, 1.165) is 11.1 Å². The Morgan fingerprint density at radius 1 is 0.923 bits per heavy atom. The second kappa shape index (κ2) is 8.97. The molecule has 0 fully saturated rings. The highest BCUT2D eigenvalue weighted by Crippen LogP contribution is 2.18. The van der Waals surface area contributed by atoms with Gasteiger partial charge in [0.1, 0.15) is 4.88 Å². The number of rotatable bonds is 7. The number of benzene rings is 2. The van der Waals surface area contributed by atoms with Crippen LogP contribution in [0.1, 0.15) is 26.8 Å². The van der Waals surface area contributed by atoms with Gasteiger partial charge in [-0.05, 0) is 29.0 Å². The van der Waals surface area contributed by atoms with Crippen LogP contribution >= 0.6 is 11.3 Å². The molecule has 1 aromatic heterocycles. The summed E-state index contributed by atoms with van der Waals surface area (Å²) in [6.45, 7) is -0.297. The van der Waals surface area contributed by atoms with Crippen molar-refractivity contribution in [1.82, 2.24) is 5.32 Å². The van der Waals surface area contributed by atoms with Crippen molar-refractivity contribution in [2.24, 2.45) is 0 Å². The summed E-state index contributed by atoms with van der Waals surface area (Å²) in [6, 6.07) is 23.0. The highest BCUT2D eigenvalue weighted by molar-refractivity contribution is 7.11. The van der Waals surface area contributed by atoms with Crippen LogP contribution in [0, 0.1) is 0 Å². The molecule has 4 nitrogen and oxygen atoms in total. The van der Waals surface area contributed by atoms with Gasteiger partial charge < -0.3 is 10.1 Å². The van der Waals surface area contributed by atoms with Crippen LogP contribution in [0.5, 0.6) is 0 Å². The molecular formula is C21H19NO3S. The van der Waals surface area contributed by atoms with E-state index < -0.39 is 5.97 Å². The summed E-state index contributed by atoms with van der Waals surface area (Å²) in [5.74, 6) is -0.797. The SMILES string of the molecule is O=C(COC(=O)c1cccs1)N[C@@H](Cc1ccccc1)c1ccccc1. The molecule has 0 aliphatic carbocycles. The van der Waals surface area contributed by atoms with Gasteiger partial charge in [0, 0.05) is 0 Å². The minimum absolute atomic E-state index is 0.188. The fourth-order valence-corrected chi connectivity index (χ4v) is 3.24. The molecule has 1 atom stereocenters. The largest absolute Gasteiger partial charge is 0.451 e. The molecule has 0 saturated heterocycles. The van der Waals surface area contributed by atoms with E-state index in [9.17, 15) is 9.59 Å². The molecule has 3 aromatic rings. The fourth-order valence-electron chi connectivity index (χ4n) is 2.62. The monoisotopic (exact) mass is 365 g/mol. The zero-order valence-corrected chi connectivity index (χ0v) is 14.9. The van der Waals surface area contributed by atoms with Crippen molar-refractivity contribution >= 4 is 23.2 Å². The number of carbonyl (C=O) groups excluding carboxylic acids is 2. The van der Waals surface area contributed by atoms with Crippen molar-refractivity contribution in [3.63, 3.8) is 0 Å². The molecule has 1 amide bonds. The highest BCUT2D eigenvalue weighted by Gasteiger charge is 2.17. The number of thiophene rings is 1. The van der Waals surface area contributed by atoms with Gasteiger partial charge in [-0.3, -0.25) is 4.79 Å². The van der Waals surface area contributed by atoms with Crippen LogP contribution in [0.3, 0.4) is 0 Å². The lowest BCUT2D eigenvalue weighted by molar-refractivity contribution is -0.125. The topological polar surface area (TPSA) is 55.4 Å². The van der Waals surface area contributed by atoms with Gasteiger partial charge in [0.2, 0.25) is 0 Å². The van der Waals surface area contributed by atoms with E-state index in [2.05, 4.69) is 5.32 Å². The lowest BCUT2D eigenvalue weighted by Crippen LogP contribution is -2.33. The number of nitrogens with one attached hydrogen (secondary N) is 1. The number of carbonyl (C=O) groups is 2. The third-order valence-electron chi connectivity index (χ3n) is 3.88. The predicted octanol–water partition coefficient (Wildman–Crippen LogP) is 4.01. The average Bonchev–Trinajstić information content (AvgIpc) is 3.22. The van der Waals surface area contributed by atoms with Crippen LogP contribution in [0.4, 0.5) is 0 Å². The maximum Gasteiger partial charge on any atom is 0.348 e. The number of esters is 1. The summed E-state index contributed by atoms with van der Waals surface area (Å²) in [7, 11) is 0. The number of amides is 1. The molecule has 132 valence electrons. The van der Waals surface area contributed by atoms with Crippen LogP contribution in [0.2, 0.25) is 0 Å². The zero-order valence-electron chi connectivity index (χ0n) is 14.1. The maximum atomic E-state index is 12.3. The van der Waals surface area contributed by atoms with Gasteiger partial charge >= 0.3 is 5.97 Å². The second-order valence-corrected chi connectivity index (χ2v) is 6.72. The first-order valence-electron chi connectivity index (χ1n) is 8.31. The summed E-state index contributed by atoms with van der Waals surface area (Å²) in [6.07, 6.45) is 0.662. The van der Waals surface area contributed by atoms with Gasteiger partial charge in [-0.1, -0.05) is 66.7 Å². The first kappa shape index (κ1) is 17.9. The van der Waals surface area contributed by atoms with Crippen molar-refractivity contribution in [3.8, 4) is 0 Å². The molecule has 0 aliphatic rings. The summed E-state index contributed by atoms with van der Waals surface area (Å²) in [5.41, 5.74) is 2.13. The van der Waals surface area contributed by atoms with E-state index in [1.807, 2.05) is 60.7 Å². The number of hydrogen-bond acceptors (Lipinski definition) is 4. The molecule has 2 aromatic carbocycles. The molecule has 0 radical (unpaired) electrons. The van der Waals surface area contributed by atoms with E-state index in [-0.39, 0.29) is 18.6 Å². The smallest absolute Gasteiger partial charge is 0.348 e. The second-order valence-electron chi connectivity index (χ2n) is 5.77. The Hall–Kier alpha value is -2.92. The molecular weight excluding hydrogens is 346 g/mol. The Labute approximate surface area is 156 Å². The van der Waals surface area contributed by atoms with E-state index in [1.165, 1.54) is 11.3 Å². The van der Waals surface area contributed by atoms with Gasteiger partial charge in [0.05, 0.1) is 6.04 Å². The standard InChI is InChI=1S/C21H19NO3S/c23-20(15-25-21(24)19-12-7-13-26-19)22-18(17-10-5-2-6-11-17)14-16-8-3-1-4-9-16/h1-13,18H,14-15H2,(H,22,23)/t18-/m0/s1. The fraction of sp³-hybridized carbons (Fsp3) is 0.143. The summed E-state index contributed by atoms with van der Waals surface area (Å²) in [4.78, 5) is 24.7. The Morgan fingerprint density at radius 2 is 1.62 bits per heavy atom. The summed E-state index contributed by atoms with van der Waals surface area (Å²) < 4.78 is 5.09. The Kier molecular flexibility index (Phi) is 6.17. The summed E-state index contributed by atoms with van der Waals surface area (Å²) in [5, 5.41) is 4.76. The normalized spacial score (nSPS) is 11.5. The Morgan fingerprint density at radius 3 is 2.27 bits per heavy atom. The quantitative estimate of drug-likeness (QED) is 0.644. The number of ether oxygens (including phenoxy) is 1. The molecule has 0 aliphatic heterocycles. The van der Waals surface area contributed by atoms with Crippen molar-refractivity contribution < 1.29 is 14.3 Å². The molecule has 0 spiro atoms. The van der Waals surface area contributed by atoms with E-state index in [4.69, 9.17) is 4.74 Å². The lowest BCUT2D eigenvalue weighted by atomic mass is 9.99. The first-order chi connectivity index (χ1) is 12.7. The third kappa shape index (κ3) is 5.04. The highest BCUT2D eigenvalue weighted by atomic mass is 32.1. The van der Waals surface area contributed by atoms with E-state index in [1.54, 1.807) is 17.5 Å². The van der Waals surface area contributed by atoms with Crippen molar-refractivity contribution in [1.29, 1.82) is 0 Å². The molecule has 1 N–H and O–H groups in total. The molecule has 26 heavy (non-hydrogen) atoms. The number of hydrogen-bond donors (Lipinski definition) is 1. The molecule has 0 bridgehead atoms. The average molecular weight is 365 g/mol. The zero-order chi connectivity index (χ0) is 18.2. The minimum Gasteiger partial charge on any atom is -0.451 e. The van der Waals surface area contributed by atoms with Crippen LogP contribution in [0.15, 0.2) is 78.2 Å². The van der Waals surface area contributed by atoms with Gasteiger partial charge in [-0.2, -0.15) is 0 Å². The molecule has 5 heteroatoms. The lowest BCUT2D eigenvalue weighted by Gasteiger charge is -2.19. The van der Waals surface area contributed by atoms with Crippen LogP contribution < -0.4 is 5.32 Å². The van der Waals surface area contributed by atoms with Gasteiger partial charge in [0.25, 0.3) is 5.91 Å². The maximum absolute atomic E-state index is 12.3. The van der Waals surface area contributed by atoms with Gasteiger partial charge in [0.15, 0.2) is 6.61 Å². The van der Waals surface area contributed by atoms with Gasteiger partial charge in [-0.15, -0.1) is 11.3 Å². The molecule has 1 heterocycles. The first-order valence-corrected chi connectivity index (χ1v) is 9.19. The Balaban J connectivity index is 1.63. The van der Waals surface area contributed by atoms with Crippen LogP contribution in [0.25, 0.3) is 0 Å².